The van der Waals surface area contributed by atoms with Crippen LogP contribution in [0.1, 0.15) is 29.4 Å². The van der Waals surface area contributed by atoms with Gasteiger partial charge >= 0.3 is 5.97 Å². The zero-order valence-corrected chi connectivity index (χ0v) is 11.1. The number of rotatable bonds is 3. The summed E-state index contributed by atoms with van der Waals surface area (Å²) in [5.41, 5.74) is -0.574. The van der Waals surface area contributed by atoms with E-state index >= 15 is 0 Å². The lowest BCUT2D eigenvalue weighted by Crippen LogP contribution is -2.09. The van der Waals surface area contributed by atoms with E-state index in [1.807, 2.05) is 0 Å². The van der Waals surface area contributed by atoms with Crippen molar-refractivity contribution in [2.24, 2.45) is 0 Å². The zero-order chi connectivity index (χ0) is 12.3. The zero-order valence-electron chi connectivity index (χ0n) is 8.14. The van der Waals surface area contributed by atoms with Crippen LogP contribution in [0, 0.1) is 3.70 Å². The summed E-state index contributed by atoms with van der Waals surface area (Å²) in [5.74, 6) is -0.737. The van der Waals surface area contributed by atoms with Gasteiger partial charge in [-0.3, -0.25) is 0 Å². The van der Waals surface area contributed by atoms with Crippen LogP contribution in [-0.4, -0.2) is 17.6 Å². The molecule has 88 valence electrons. The number of hydrogen-bond acceptors (Lipinski definition) is 3. The molecule has 0 amide bonds. The maximum absolute atomic E-state index is 12.6. The molecule has 7 heteroatoms. The van der Waals surface area contributed by atoms with Crippen molar-refractivity contribution in [1.82, 2.24) is 4.98 Å². The van der Waals surface area contributed by atoms with Crippen LogP contribution in [0.5, 0.6) is 0 Å². The van der Waals surface area contributed by atoms with Gasteiger partial charge in [0.1, 0.15) is 9.39 Å². The lowest BCUT2D eigenvalue weighted by molar-refractivity contribution is 0.0518. The predicted octanol–water partition coefficient (Wildman–Crippen LogP) is 3.45. The van der Waals surface area contributed by atoms with Gasteiger partial charge in [0.25, 0.3) is 6.43 Å². The second kappa shape index (κ2) is 5.72. The number of pyridine rings is 1. The predicted molar refractivity (Wildman–Crippen MR) is 62.9 cm³/mol. The smallest absolute Gasteiger partial charge is 0.356 e. The van der Waals surface area contributed by atoms with E-state index in [-0.39, 0.29) is 21.0 Å². The summed E-state index contributed by atoms with van der Waals surface area (Å²) in [6, 6.07) is 0.952. The van der Waals surface area contributed by atoms with Crippen molar-refractivity contribution in [3.05, 3.63) is 26.0 Å². The molecule has 16 heavy (non-hydrogen) atoms. The highest BCUT2D eigenvalue weighted by atomic mass is 127. The molecule has 0 unspecified atom stereocenters. The molecule has 1 heterocycles. The van der Waals surface area contributed by atoms with Gasteiger partial charge in [0.2, 0.25) is 0 Å². The monoisotopic (exact) mass is 361 g/mol. The first-order valence-electron chi connectivity index (χ1n) is 4.28. The lowest BCUT2D eigenvalue weighted by atomic mass is 10.2. The molecule has 1 aromatic heterocycles. The van der Waals surface area contributed by atoms with Gasteiger partial charge in [0.05, 0.1) is 11.6 Å². The highest BCUT2D eigenvalue weighted by Crippen LogP contribution is 2.30. The van der Waals surface area contributed by atoms with E-state index in [9.17, 15) is 13.6 Å². The first kappa shape index (κ1) is 13.6. The molecular weight excluding hydrogens is 354 g/mol. The Hall–Kier alpha value is -0.500. The minimum atomic E-state index is -2.75. The molecule has 3 nitrogen and oxygen atoms in total. The molecule has 1 rings (SSSR count). The lowest BCUT2D eigenvalue weighted by Gasteiger charge is -2.07. The fourth-order valence-electron chi connectivity index (χ4n) is 0.985. The normalized spacial score (nSPS) is 10.6. The van der Waals surface area contributed by atoms with Gasteiger partial charge in [-0.2, -0.15) is 0 Å². The van der Waals surface area contributed by atoms with Crippen LogP contribution in [0.2, 0.25) is 5.02 Å². The molecule has 0 atom stereocenters. The summed E-state index contributed by atoms with van der Waals surface area (Å²) < 4.78 is 30.0. The number of aromatic nitrogens is 1. The topological polar surface area (TPSA) is 39.2 Å². The van der Waals surface area contributed by atoms with E-state index in [4.69, 9.17) is 11.6 Å². The Balaban J connectivity index is 3.18. The van der Waals surface area contributed by atoms with E-state index in [2.05, 4.69) is 9.72 Å². The van der Waals surface area contributed by atoms with Crippen molar-refractivity contribution in [3.8, 4) is 0 Å². The van der Waals surface area contributed by atoms with Crippen LogP contribution in [0.3, 0.4) is 0 Å². The molecule has 0 fully saturated rings. The van der Waals surface area contributed by atoms with Crippen molar-refractivity contribution in [1.29, 1.82) is 0 Å². The number of alkyl halides is 2. The van der Waals surface area contributed by atoms with Crippen LogP contribution in [0.4, 0.5) is 8.78 Å². The van der Waals surface area contributed by atoms with Crippen LogP contribution in [0.15, 0.2) is 6.07 Å². The molecule has 0 saturated heterocycles. The van der Waals surface area contributed by atoms with Crippen LogP contribution in [0.25, 0.3) is 0 Å². The van der Waals surface area contributed by atoms with Gasteiger partial charge in [-0.1, -0.05) is 11.6 Å². The summed E-state index contributed by atoms with van der Waals surface area (Å²) in [7, 11) is 0. The number of carbonyl (C=O) groups excluding carboxylic acids is 1. The largest absolute Gasteiger partial charge is 0.461 e. The van der Waals surface area contributed by atoms with Crippen LogP contribution >= 0.6 is 34.2 Å². The Kier molecular flexibility index (Phi) is 4.85. The number of nitrogens with zero attached hydrogens (tertiary/aromatic N) is 1. The van der Waals surface area contributed by atoms with Crippen LogP contribution < -0.4 is 0 Å². The highest BCUT2D eigenvalue weighted by molar-refractivity contribution is 14.1. The van der Waals surface area contributed by atoms with Crippen molar-refractivity contribution in [3.63, 3.8) is 0 Å². The van der Waals surface area contributed by atoms with E-state index in [0.29, 0.717) is 0 Å². The van der Waals surface area contributed by atoms with Gasteiger partial charge in [0, 0.05) is 5.56 Å². The van der Waals surface area contributed by atoms with Crippen molar-refractivity contribution in [2.75, 3.05) is 6.61 Å². The number of ether oxygens (including phenoxy) is 1. The molecule has 0 radical (unpaired) electrons. The van der Waals surface area contributed by atoms with Crippen molar-refractivity contribution >= 4 is 40.2 Å². The molecule has 0 aliphatic carbocycles. The number of hydrogen-bond donors (Lipinski definition) is 0. The average molecular weight is 362 g/mol. The first-order chi connectivity index (χ1) is 7.47. The molecule has 0 aliphatic rings. The van der Waals surface area contributed by atoms with E-state index < -0.39 is 18.0 Å². The summed E-state index contributed by atoms with van der Waals surface area (Å²) in [5, 5.41) is -0.136. The molecule has 0 spiro atoms. The molecule has 0 saturated carbocycles. The van der Waals surface area contributed by atoms with Gasteiger partial charge in [-0.05, 0) is 35.6 Å². The third-order valence-electron chi connectivity index (χ3n) is 1.67. The Morgan fingerprint density at radius 1 is 1.69 bits per heavy atom. The second-order valence-corrected chi connectivity index (χ2v) is 4.12. The van der Waals surface area contributed by atoms with Crippen LogP contribution in [-0.2, 0) is 4.74 Å². The highest BCUT2D eigenvalue weighted by Gasteiger charge is 2.20. The minimum Gasteiger partial charge on any atom is -0.461 e. The maximum Gasteiger partial charge on any atom is 0.356 e. The minimum absolute atomic E-state index is 0.136. The fraction of sp³-hybridized carbons (Fsp3) is 0.333. The maximum atomic E-state index is 12.6. The number of carbonyl (C=O) groups is 1. The molecule has 0 N–H and O–H groups in total. The third-order valence-corrected chi connectivity index (χ3v) is 3.16. The quantitative estimate of drug-likeness (QED) is 0.470. The SMILES string of the molecule is CCOC(=O)c1cc(C(F)F)c(Cl)c(I)n1. The number of halogens is 4. The van der Waals surface area contributed by atoms with Gasteiger partial charge < -0.3 is 4.74 Å². The number of esters is 1. The molecule has 0 aromatic carbocycles. The summed E-state index contributed by atoms with van der Waals surface area (Å²) in [6.45, 7) is 1.77. The Labute approximate surface area is 109 Å². The summed E-state index contributed by atoms with van der Waals surface area (Å²) in [6.07, 6.45) is -2.75. The second-order valence-electron chi connectivity index (χ2n) is 2.72. The van der Waals surface area contributed by atoms with Gasteiger partial charge in [-0.25, -0.2) is 18.6 Å². The van der Waals surface area contributed by atoms with E-state index in [1.54, 1.807) is 29.5 Å². The average Bonchev–Trinajstić information content (AvgIpc) is 2.21. The van der Waals surface area contributed by atoms with E-state index in [0.717, 1.165) is 6.07 Å². The van der Waals surface area contributed by atoms with Crippen molar-refractivity contribution < 1.29 is 18.3 Å². The van der Waals surface area contributed by atoms with Gasteiger partial charge in [0.15, 0.2) is 0 Å². The Morgan fingerprint density at radius 3 is 2.81 bits per heavy atom. The van der Waals surface area contributed by atoms with E-state index in [1.165, 1.54) is 0 Å². The van der Waals surface area contributed by atoms with Gasteiger partial charge in [-0.15, -0.1) is 0 Å². The first-order valence-corrected chi connectivity index (χ1v) is 5.74. The molecule has 1 aromatic rings. The summed E-state index contributed by atoms with van der Waals surface area (Å²) >= 11 is 7.33. The molecule has 0 bridgehead atoms. The Morgan fingerprint density at radius 2 is 2.31 bits per heavy atom. The molecular formula is C9H7ClF2INO2. The summed E-state index contributed by atoms with van der Waals surface area (Å²) in [4.78, 5) is 15.1. The third kappa shape index (κ3) is 3.00. The fourth-order valence-corrected chi connectivity index (χ4v) is 1.74. The molecule has 0 aliphatic heterocycles. The Bertz CT molecular complexity index is 415. The standard InChI is InChI=1S/C9H7ClF2INO2/c1-2-16-9(15)5-3-4(7(11)12)6(10)8(13)14-5/h3,7H,2H2,1H3. The van der Waals surface area contributed by atoms with Crippen molar-refractivity contribution in [2.45, 2.75) is 13.3 Å².